The minimum atomic E-state index is -3.13. The van der Waals surface area contributed by atoms with Crippen molar-refractivity contribution in [3.05, 3.63) is 30.1 Å². The molecule has 84 valence electrons. The van der Waals surface area contributed by atoms with E-state index in [2.05, 4.69) is 9.71 Å². The standard InChI is InChI=1S/C10H16N2O2S/c1-9(2)15(13,14)12-8-5-10-3-6-11-7-4-10/h3-4,6-7,9,12H,5,8H2,1-2H3. The van der Waals surface area contributed by atoms with Crippen LogP contribution in [0.1, 0.15) is 19.4 Å². The molecule has 0 saturated carbocycles. The van der Waals surface area contributed by atoms with Gasteiger partial charge in [-0.15, -0.1) is 0 Å². The molecule has 1 aromatic heterocycles. The molecular weight excluding hydrogens is 212 g/mol. The molecule has 0 saturated heterocycles. The van der Waals surface area contributed by atoms with Crippen molar-refractivity contribution in [3.8, 4) is 0 Å². The number of pyridine rings is 1. The molecule has 15 heavy (non-hydrogen) atoms. The summed E-state index contributed by atoms with van der Waals surface area (Å²) in [7, 11) is -3.13. The van der Waals surface area contributed by atoms with Gasteiger partial charge in [-0.3, -0.25) is 4.98 Å². The highest BCUT2D eigenvalue weighted by atomic mass is 32.2. The third kappa shape index (κ3) is 3.97. The summed E-state index contributed by atoms with van der Waals surface area (Å²) < 4.78 is 25.4. The van der Waals surface area contributed by atoms with E-state index in [0.29, 0.717) is 13.0 Å². The summed E-state index contributed by atoms with van der Waals surface area (Å²) in [5, 5.41) is -0.380. The Bertz CT molecular complexity index is 387. The largest absolute Gasteiger partial charge is 0.265 e. The van der Waals surface area contributed by atoms with Gasteiger partial charge in [-0.1, -0.05) is 0 Å². The highest BCUT2D eigenvalue weighted by Crippen LogP contribution is 1.99. The number of aromatic nitrogens is 1. The third-order valence-electron chi connectivity index (χ3n) is 2.09. The molecule has 0 atom stereocenters. The average Bonchev–Trinajstić information content (AvgIpc) is 2.19. The highest BCUT2D eigenvalue weighted by Gasteiger charge is 2.13. The lowest BCUT2D eigenvalue weighted by atomic mass is 10.2. The molecule has 1 aromatic rings. The fourth-order valence-corrected chi connectivity index (χ4v) is 1.77. The summed E-state index contributed by atoms with van der Waals surface area (Å²) in [4.78, 5) is 3.89. The average molecular weight is 228 g/mol. The van der Waals surface area contributed by atoms with Crippen LogP contribution in [0.4, 0.5) is 0 Å². The first-order valence-electron chi connectivity index (χ1n) is 4.90. The summed E-state index contributed by atoms with van der Waals surface area (Å²) in [6.07, 6.45) is 4.09. The van der Waals surface area contributed by atoms with Crippen molar-refractivity contribution in [1.82, 2.24) is 9.71 Å². The van der Waals surface area contributed by atoms with Crippen LogP contribution in [0.15, 0.2) is 24.5 Å². The predicted octanol–water partition coefficient (Wildman–Crippen LogP) is 0.952. The van der Waals surface area contributed by atoms with Crippen molar-refractivity contribution in [2.45, 2.75) is 25.5 Å². The number of sulfonamides is 1. The Labute approximate surface area is 90.8 Å². The van der Waals surface area contributed by atoms with Gasteiger partial charge in [0.05, 0.1) is 5.25 Å². The molecule has 1 rings (SSSR count). The monoisotopic (exact) mass is 228 g/mol. The van der Waals surface area contributed by atoms with Gasteiger partial charge < -0.3 is 0 Å². The topological polar surface area (TPSA) is 59.1 Å². The molecular formula is C10H16N2O2S. The molecule has 0 radical (unpaired) electrons. The van der Waals surface area contributed by atoms with E-state index in [1.54, 1.807) is 26.2 Å². The molecule has 0 unspecified atom stereocenters. The molecule has 1 N–H and O–H groups in total. The quantitative estimate of drug-likeness (QED) is 0.816. The molecule has 0 aliphatic heterocycles. The van der Waals surface area contributed by atoms with E-state index in [0.717, 1.165) is 5.56 Å². The van der Waals surface area contributed by atoms with Crippen molar-refractivity contribution in [1.29, 1.82) is 0 Å². The fraction of sp³-hybridized carbons (Fsp3) is 0.500. The summed E-state index contributed by atoms with van der Waals surface area (Å²) in [6.45, 7) is 3.76. The lowest BCUT2D eigenvalue weighted by Gasteiger charge is -2.08. The van der Waals surface area contributed by atoms with Gasteiger partial charge in [0.15, 0.2) is 0 Å². The Hall–Kier alpha value is -0.940. The van der Waals surface area contributed by atoms with E-state index in [4.69, 9.17) is 0 Å². The molecule has 5 heteroatoms. The van der Waals surface area contributed by atoms with E-state index >= 15 is 0 Å². The van der Waals surface area contributed by atoms with Crippen molar-refractivity contribution in [2.75, 3.05) is 6.54 Å². The van der Waals surface area contributed by atoms with E-state index in [-0.39, 0.29) is 5.25 Å². The first-order valence-corrected chi connectivity index (χ1v) is 6.44. The molecule has 0 amide bonds. The van der Waals surface area contributed by atoms with Gasteiger partial charge in [0.1, 0.15) is 0 Å². The lowest BCUT2D eigenvalue weighted by Crippen LogP contribution is -2.32. The molecule has 0 aliphatic carbocycles. The number of nitrogens with zero attached hydrogens (tertiary/aromatic N) is 1. The Morgan fingerprint density at radius 2 is 1.93 bits per heavy atom. The summed E-state index contributed by atoms with van der Waals surface area (Å²) >= 11 is 0. The van der Waals surface area contributed by atoms with Crippen molar-refractivity contribution >= 4 is 10.0 Å². The number of rotatable bonds is 5. The zero-order valence-electron chi connectivity index (χ0n) is 8.97. The number of hydrogen-bond acceptors (Lipinski definition) is 3. The molecule has 0 aliphatic rings. The third-order valence-corrected chi connectivity index (χ3v) is 3.93. The molecule has 0 aromatic carbocycles. The van der Waals surface area contributed by atoms with Crippen molar-refractivity contribution in [3.63, 3.8) is 0 Å². The van der Waals surface area contributed by atoms with Crippen molar-refractivity contribution < 1.29 is 8.42 Å². The maximum atomic E-state index is 11.4. The van der Waals surface area contributed by atoms with Gasteiger partial charge in [0.25, 0.3) is 0 Å². The van der Waals surface area contributed by atoms with Crippen molar-refractivity contribution in [2.24, 2.45) is 0 Å². The zero-order valence-corrected chi connectivity index (χ0v) is 9.79. The SMILES string of the molecule is CC(C)S(=O)(=O)NCCc1ccncc1. The predicted molar refractivity (Wildman–Crippen MR) is 60.0 cm³/mol. The van der Waals surface area contributed by atoms with Crippen LogP contribution in [-0.4, -0.2) is 25.2 Å². The van der Waals surface area contributed by atoms with Gasteiger partial charge in [-0.05, 0) is 38.0 Å². The van der Waals surface area contributed by atoms with E-state index in [1.807, 2.05) is 12.1 Å². The van der Waals surface area contributed by atoms with Crippen LogP contribution in [0.3, 0.4) is 0 Å². The number of nitrogens with one attached hydrogen (secondary N) is 1. The second-order valence-electron chi connectivity index (χ2n) is 3.59. The van der Waals surface area contributed by atoms with Gasteiger partial charge in [0.2, 0.25) is 10.0 Å². The van der Waals surface area contributed by atoms with Crippen LogP contribution in [0, 0.1) is 0 Å². The Balaban J connectivity index is 2.41. The minimum Gasteiger partial charge on any atom is -0.265 e. The molecule has 1 heterocycles. The second kappa shape index (κ2) is 5.23. The number of hydrogen-bond donors (Lipinski definition) is 1. The second-order valence-corrected chi connectivity index (χ2v) is 5.92. The van der Waals surface area contributed by atoms with E-state index in [1.165, 1.54) is 0 Å². The Kier molecular flexibility index (Phi) is 4.23. The van der Waals surface area contributed by atoms with Gasteiger partial charge >= 0.3 is 0 Å². The summed E-state index contributed by atoms with van der Waals surface area (Å²) in [6, 6.07) is 3.76. The maximum Gasteiger partial charge on any atom is 0.213 e. The first-order chi connectivity index (χ1) is 7.02. The molecule has 0 fully saturated rings. The molecule has 0 spiro atoms. The van der Waals surface area contributed by atoms with Gasteiger partial charge in [0, 0.05) is 18.9 Å². The van der Waals surface area contributed by atoms with Crippen LogP contribution in [0.2, 0.25) is 0 Å². The first kappa shape index (κ1) is 12.1. The Morgan fingerprint density at radius 3 is 2.47 bits per heavy atom. The smallest absolute Gasteiger partial charge is 0.213 e. The minimum absolute atomic E-state index is 0.380. The van der Waals surface area contributed by atoms with Gasteiger partial charge in [-0.25, -0.2) is 13.1 Å². The van der Waals surface area contributed by atoms with Gasteiger partial charge in [-0.2, -0.15) is 0 Å². The normalized spacial score (nSPS) is 11.9. The van der Waals surface area contributed by atoms with E-state index in [9.17, 15) is 8.42 Å². The van der Waals surface area contributed by atoms with Crippen LogP contribution >= 0.6 is 0 Å². The summed E-state index contributed by atoms with van der Waals surface area (Å²) in [5.74, 6) is 0. The van der Waals surface area contributed by atoms with Crippen LogP contribution < -0.4 is 4.72 Å². The maximum absolute atomic E-state index is 11.4. The molecule has 4 nitrogen and oxygen atoms in total. The molecule has 0 bridgehead atoms. The van der Waals surface area contributed by atoms with Crippen LogP contribution in [0.5, 0.6) is 0 Å². The van der Waals surface area contributed by atoms with Crippen LogP contribution in [0.25, 0.3) is 0 Å². The Morgan fingerprint density at radius 1 is 1.33 bits per heavy atom. The zero-order chi connectivity index (χ0) is 11.3. The fourth-order valence-electron chi connectivity index (χ4n) is 1.05. The van der Waals surface area contributed by atoms with Crippen LogP contribution in [-0.2, 0) is 16.4 Å². The highest BCUT2D eigenvalue weighted by molar-refractivity contribution is 7.90. The lowest BCUT2D eigenvalue weighted by molar-refractivity contribution is 0.572. The summed E-state index contributed by atoms with van der Waals surface area (Å²) in [5.41, 5.74) is 1.08. The van der Waals surface area contributed by atoms with E-state index < -0.39 is 10.0 Å².